The molecule has 0 amide bonds. The van der Waals surface area contributed by atoms with Crippen LogP contribution in [0.2, 0.25) is 0 Å². The summed E-state index contributed by atoms with van der Waals surface area (Å²) >= 11 is 1.18. The van der Waals surface area contributed by atoms with Crippen molar-refractivity contribution in [2.75, 3.05) is 7.11 Å². The fourth-order valence-corrected chi connectivity index (χ4v) is 2.91. The van der Waals surface area contributed by atoms with E-state index in [2.05, 4.69) is 0 Å². The molecule has 0 aliphatic carbocycles. The monoisotopic (exact) mass is 313 g/mol. The summed E-state index contributed by atoms with van der Waals surface area (Å²) in [4.78, 5) is 1.17. The Labute approximate surface area is 122 Å². The van der Waals surface area contributed by atoms with Crippen LogP contribution in [-0.2, 0) is 6.18 Å². The summed E-state index contributed by atoms with van der Waals surface area (Å²) < 4.78 is 43.8. The van der Waals surface area contributed by atoms with Crippen LogP contribution >= 0.6 is 11.3 Å². The standard InChI is InChI=1S/C14H10F3NO2S/c1-7-11(20-2)5-12(21-7)9-3-8(6-18)4-10(13(9)19)14(15,16)17/h3-5,19H,1-2H3. The van der Waals surface area contributed by atoms with Crippen LogP contribution in [-0.4, -0.2) is 12.2 Å². The number of thiophene rings is 1. The molecule has 0 saturated heterocycles. The van der Waals surface area contributed by atoms with Crippen molar-refractivity contribution < 1.29 is 23.0 Å². The predicted octanol–water partition coefficient (Wildman–Crippen LogP) is 4.33. The second-order valence-electron chi connectivity index (χ2n) is 4.26. The van der Waals surface area contributed by atoms with Gasteiger partial charge in [-0.25, -0.2) is 0 Å². The van der Waals surface area contributed by atoms with Crippen molar-refractivity contribution in [3.05, 3.63) is 34.2 Å². The number of nitriles is 1. The molecule has 21 heavy (non-hydrogen) atoms. The highest BCUT2D eigenvalue weighted by atomic mass is 32.1. The fourth-order valence-electron chi connectivity index (χ4n) is 1.90. The zero-order valence-electron chi connectivity index (χ0n) is 11.1. The first-order chi connectivity index (χ1) is 9.77. The quantitative estimate of drug-likeness (QED) is 0.898. The van der Waals surface area contributed by atoms with E-state index in [1.165, 1.54) is 30.6 Å². The maximum Gasteiger partial charge on any atom is 0.420 e. The molecule has 0 radical (unpaired) electrons. The van der Waals surface area contributed by atoms with Crippen molar-refractivity contribution in [1.29, 1.82) is 5.26 Å². The number of nitrogens with zero attached hydrogens (tertiary/aromatic N) is 1. The van der Waals surface area contributed by atoms with Crippen LogP contribution in [0.3, 0.4) is 0 Å². The van der Waals surface area contributed by atoms with Gasteiger partial charge in [0.2, 0.25) is 0 Å². The summed E-state index contributed by atoms with van der Waals surface area (Å²) in [5, 5.41) is 18.8. The number of benzene rings is 1. The number of methoxy groups -OCH3 is 1. The molecule has 1 N–H and O–H groups in total. The number of aryl methyl sites for hydroxylation is 1. The van der Waals surface area contributed by atoms with Crippen molar-refractivity contribution in [2.24, 2.45) is 0 Å². The number of hydrogen-bond donors (Lipinski definition) is 1. The molecule has 0 aliphatic rings. The Morgan fingerprint density at radius 3 is 2.43 bits per heavy atom. The van der Waals surface area contributed by atoms with Gasteiger partial charge in [0.25, 0.3) is 0 Å². The van der Waals surface area contributed by atoms with Crippen LogP contribution in [0.5, 0.6) is 11.5 Å². The van der Waals surface area contributed by atoms with Crippen LogP contribution < -0.4 is 4.74 Å². The lowest BCUT2D eigenvalue weighted by atomic mass is 10.0. The summed E-state index contributed by atoms with van der Waals surface area (Å²) in [7, 11) is 1.45. The minimum Gasteiger partial charge on any atom is -0.507 e. The van der Waals surface area contributed by atoms with E-state index in [-0.39, 0.29) is 11.1 Å². The maximum absolute atomic E-state index is 12.9. The molecule has 0 aliphatic heterocycles. The smallest absolute Gasteiger partial charge is 0.420 e. The van der Waals surface area contributed by atoms with Gasteiger partial charge in [-0.05, 0) is 25.1 Å². The zero-order chi connectivity index (χ0) is 15.8. The van der Waals surface area contributed by atoms with Gasteiger partial charge in [-0.1, -0.05) is 0 Å². The molecule has 1 aromatic heterocycles. The van der Waals surface area contributed by atoms with E-state index in [1.54, 1.807) is 13.0 Å². The van der Waals surface area contributed by atoms with Crippen molar-refractivity contribution in [3.63, 3.8) is 0 Å². The Hall–Kier alpha value is -2.20. The highest BCUT2D eigenvalue weighted by Gasteiger charge is 2.35. The maximum atomic E-state index is 12.9. The number of rotatable bonds is 2. The molecule has 3 nitrogen and oxygen atoms in total. The lowest BCUT2D eigenvalue weighted by Gasteiger charge is -2.12. The molecule has 2 aromatic rings. The van der Waals surface area contributed by atoms with Gasteiger partial charge in [-0.15, -0.1) is 11.3 Å². The topological polar surface area (TPSA) is 53.2 Å². The van der Waals surface area contributed by atoms with Gasteiger partial charge in [0.15, 0.2) is 0 Å². The zero-order valence-corrected chi connectivity index (χ0v) is 11.9. The van der Waals surface area contributed by atoms with E-state index in [0.29, 0.717) is 16.7 Å². The van der Waals surface area contributed by atoms with Gasteiger partial charge in [-0.3, -0.25) is 0 Å². The van der Waals surface area contributed by atoms with E-state index in [9.17, 15) is 18.3 Å². The first-order valence-electron chi connectivity index (χ1n) is 5.77. The Morgan fingerprint density at radius 2 is 1.95 bits per heavy atom. The first-order valence-corrected chi connectivity index (χ1v) is 6.58. The number of aromatic hydroxyl groups is 1. The van der Waals surface area contributed by atoms with Crippen molar-refractivity contribution >= 4 is 11.3 Å². The average Bonchev–Trinajstić information content (AvgIpc) is 2.78. The highest BCUT2D eigenvalue weighted by Crippen LogP contribution is 2.45. The molecule has 0 saturated carbocycles. The van der Waals surface area contributed by atoms with Gasteiger partial charge in [0.1, 0.15) is 11.5 Å². The van der Waals surface area contributed by atoms with E-state index in [0.717, 1.165) is 4.88 Å². The SMILES string of the molecule is COc1cc(-c2cc(C#N)cc(C(F)(F)F)c2O)sc1C. The number of hydrogen-bond acceptors (Lipinski definition) is 4. The molecule has 0 atom stereocenters. The Bertz CT molecular complexity index is 729. The van der Waals surface area contributed by atoms with Crippen LogP contribution in [0.15, 0.2) is 18.2 Å². The summed E-state index contributed by atoms with van der Waals surface area (Å²) in [6, 6.07) is 5.08. The Morgan fingerprint density at radius 1 is 1.29 bits per heavy atom. The second kappa shape index (κ2) is 5.30. The number of ether oxygens (including phenoxy) is 1. The molecule has 0 fully saturated rings. The summed E-state index contributed by atoms with van der Waals surface area (Å²) in [6.07, 6.45) is -4.73. The van der Waals surface area contributed by atoms with Crippen LogP contribution in [0, 0.1) is 18.3 Å². The van der Waals surface area contributed by atoms with E-state index < -0.39 is 17.5 Å². The molecule has 0 bridgehead atoms. The third kappa shape index (κ3) is 2.81. The second-order valence-corrected chi connectivity index (χ2v) is 5.52. The average molecular weight is 313 g/mol. The first kappa shape index (κ1) is 15.2. The van der Waals surface area contributed by atoms with E-state index in [4.69, 9.17) is 10.00 Å². The minimum atomic E-state index is -4.73. The fraction of sp³-hybridized carbons (Fsp3) is 0.214. The summed E-state index contributed by atoms with van der Waals surface area (Å²) in [6.45, 7) is 1.75. The van der Waals surface area contributed by atoms with Crippen LogP contribution in [0.1, 0.15) is 16.0 Å². The Kier molecular flexibility index (Phi) is 3.83. The summed E-state index contributed by atoms with van der Waals surface area (Å²) in [5.41, 5.74) is -1.42. The number of halogens is 3. The molecule has 0 spiro atoms. The van der Waals surface area contributed by atoms with E-state index >= 15 is 0 Å². The van der Waals surface area contributed by atoms with Gasteiger partial charge < -0.3 is 9.84 Å². The molecule has 2 rings (SSSR count). The molecule has 0 unspecified atom stereocenters. The molecule has 110 valence electrons. The molecule has 1 aromatic carbocycles. The minimum absolute atomic E-state index is 0.0298. The lowest BCUT2D eigenvalue weighted by Crippen LogP contribution is -2.06. The predicted molar refractivity (Wildman–Crippen MR) is 72.4 cm³/mol. The van der Waals surface area contributed by atoms with Crippen LogP contribution in [0.4, 0.5) is 13.2 Å². The van der Waals surface area contributed by atoms with Gasteiger partial charge in [0.05, 0.1) is 24.3 Å². The lowest BCUT2D eigenvalue weighted by molar-refractivity contribution is -0.138. The van der Waals surface area contributed by atoms with Crippen LogP contribution in [0.25, 0.3) is 10.4 Å². The van der Waals surface area contributed by atoms with Crippen molar-refractivity contribution in [3.8, 4) is 28.0 Å². The number of phenols is 1. The Balaban J connectivity index is 2.71. The molecule has 7 heteroatoms. The third-order valence-electron chi connectivity index (χ3n) is 2.90. The number of alkyl halides is 3. The molecular weight excluding hydrogens is 303 g/mol. The van der Waals surface area contributed by atoms with E-state index in [1.807, 2.05) is 0 Å². The molecular formula is C14H10F3NO2S. The van der Waals surface area contributed by atoms with Crippen molar-refractivity contribution in [1.82, 2.24) is 0 Å². The van der Waals surface area contributed by atoms with Gasteiger partial charge in [0, 0.05) is 15.3 Å². The third-order valence-corrected chi connectivity index (χ3v) is 3.97. The normalized spacial score (nSPS) is 11.2. The van der Waals surface area contributed by atoms with Gasteiger partial charge >= 0.3 is 6.18 Å². The van der Waals surface area contributed by atoms with Crippen molar-refractivity contribution in [2.45, 2.75) is 13.1 Å². The largest absolute Gasteiger partial charge is 0.507 e. The summed E-state index contributed by atoms with van der Waals surface area (Å²) in [5.74, 6) is -0.365. The highest BCUT2D eigenvalue weighted by molar-refractivity contribution is 7.15. The van der Waals surface area contributed by atoms with Gasteiger partial charge in [-0.2, -0.15) is 18.4 Å². The number of phenolic OH excluding ortho intramolecular Hbond substituents is 1. The molecule has 1 heterocycles.